The summed E-state index contributed by atoms with van der Waals surface area (Å²) in [6, 6.07) is -0.515. The summed E-state index contributed by atoms with van der Waals surface area (Å²) < 4.78 is 24.5. The van der Waals surface area contributed by atoms with Crippen LogP contribution in [0.15, 0.2) is 0 Å². The molecular weight excluding hydrogens is 242 g/mol. The Kier molecular flexibility index (Phi) is 4.91. The normalized spacial score (nSPS) is 22.8. The number of rotatable bonds is 5. The van der Waals surface area contributed by atoms with E-state index in [1.807, 2.05) is 7.05 Å². The lowest BCUT2D eigenvalue weighted by Crippen LogP contribution is -2.50. The first-order valence-electron chi connectivity index (χ1n) is 5.77. The second kappa shape index (κ2) is 5.79. The highest BCUT2D eigenvalue weighted by atomic mass is 32.2. The number of hydrogen-bond acceptors (Lipinski definition) is 4. The Labute approximate surface area is 103 Å². The highest BCUT2D eigenvalue weighted by molar-refractivity contribution is 7.88. The number of likely N-dealkylation sites (tertiary alicyclic amines) is 1. The van der Waals surface area contributed by atoms with E-state index in [0.717, 1.165) is 25.6 Å². The van der Waals surface area contributed by atoms with Crippen molar-refractivity contribution in [3.05, 3.63) is 0 Å². The summed E-state index contributed by atoms with van der Waals surface area (Å²) in [5.74, 6) is -0.145. The fraction of sp³-hybridized carbons (Fsp3) is 0.900. The first-order chi connectivity index (χ1) is 7.85. The van der Waals surface area contributed by atoms with E-state index in [1.54, 1.807) is 11.8 Å². The predicted molar refractivity (Wildman–Crippen MR) is 66.1 cm³/mol. The van der Waals surface area contributed by atoms with E-state index in [2.05, 4.69) is 10.0 Å². The zero-order valence-corrected chi connectivity index (χ0v) is 11.4. The van der Waals surface area contributed by atoms with Crippen LogP contribution < -0.4 is 10.0 Å². The molecule has 2 unspecified atom stereocenters. The summed E-state index contributed by atoms with van der Waals surface area (Å²) in [7, 11) is -1.49. The van der Waals surface area contributed by atoms with Crippen molar-refractivity contribution < 1.29 is 13.2 Å². The van der Waals surface area contributed by atoms with Gasteiger partial charge < -0.3 is 10.2 Å². The Morgan fingerprint density at radius 1 is 1.53 bits per heavy atom. The van der Waals surface area contributed by atoms with E-state index >= 15 is 0 Å². The maximum Gasteiger partial charge on any atom is 0.240 e. The van der Waals surface area contributed by atoms with Crippen LogP contribution in [0.4, 0.5) is 0 Å². The molecule has 1 amide bonds. The summed E-state index contributed by atoms with van der Waals surface area (Å²) in [4.78, 5) is 13.8. The van der Waals surface area contributed by atoms with Gasteiger partial charge in [0, 0.05) is 19.1 Å². The summed E-state index contributed by atoms with van der Waals surface area (Å²) >= 11 is 0. The molecule has 2 N–H and O–H groups in total. The summed E-state index contributed by atoms with van der Waals surface area (Å²) in [6.45, 7) is 3.04. The molecular formula is C10H21N3O3S. The third kappa shape index (κ3) is 4.25. The molecule has 0 spiro atoms. The number of sulfonamides is 1. The smallest absolute Gasteiger partial charge is 0.240 e. The molecule has 0 aromatic carbocycles. The summed E-state index contributed by atoms with van der Waals surface area (Å²) in [5, 5.41) is 3.05. The van der Waals surface area contributed by atoms with Gasteiger partial charge in [0.1, 0.15) is 0 Å². The minimum Gasteiger partial charge on any atom is -0.337 e. The highest BCUT2D eigenvalue weighted by Gasteiger charge is 2.31. The summed E-state index contributed by atoms with van der Waals surface area (Å²) in [5.41, 5.74) is 0. The Bertz CT molecular complexity index is 369. The zero-order valence-electron chi connectivity index (χ0n) is 10.6. The third-order valence-corrected chi connectivity index (χ3v) is 3.64. The number of likely N-dealkylation sites (N-methyl/N-ethyl adjacent to an activating group) is 1. The van der Waals surface area contributed by atoms with Crippen LogP contribution in [-0.4, -0.2) is 57.7 Å². The van der Waals surface area contributed by atoms with E-state index in [1.165, 1.54) is 0 Å². The lowest BCUT2D eigenvalue weighted by Gasteiger charge is -2.27. The number of nitrogens with one attached hydrogen (secondary N) is 2. The molecule has 1 aliphatic heterocycles. The lowest BCUT2D eigenvalue weighted by molar-refractivity contribution is -0.133. The molecule has 1 rings (SSSR count). The van der Waals surface area contributed by atoms with E-state index in [-0.39, 0.29) is 11.9 Å². The van der Waals surface area contributed by atoms with E-state index in [0.29, 0.717) is 6.54 Å². The van der Waals surface area contributed by atoms with Gasteiger partial charge in [-0.1, -0.05) is 0 Å². The van der Waals surface area contributed by atoms with E-state index in [4.69, 9.17) is 0 Å². The van der Waals surface area contributed by atoms with Crippen molar-refractivity contribution in [3.8, 4) is 0 Å². The van der Waals surface area contributed by atoms with Gasteiger partial charge in [-0.25, -0.2) is 13.1 Å². The number of hydrogen-bond donors (Lipinski definition) is 2. The van der Waals surface area contributed by atoms with Gasteiger partial charge in [0.25, 0.3) is 0 Å². The molecule has 1 aliphatic rings. The van der Waals surface area contributed by atoms with Crippen molar-refractivity contribution in [1.29, 1.82) is 0 Å². The molecule has 0 saturated carbocycles. The monoisotopic (exact) mass is 263 g/mol. The molecule has 1 saturated heterocycles. The molecule has 17 heavy (non-hydrogen) atoms. The molecule has 6 nitrogen and oxygen atoms in total. The van der Waals surface area contributed by atoms with Gasteiger partial charge in [-0.05, 0) is 26.8 Å². The molecule has 100 valence electrons. The maximum absolute atomic E-state index is 12.1. The molecule has 0 radical (unpaired) electrons. The number of nitrogens with zero attached hydrogens (tertiary/aromatic N) is 1. The molecule has 0 aliphatic carbocycles. The molecule has 0 aromatic rings. The zero-order chi connectivity index (χ0) is 13.1. The van der Waals surface area contributed by atoms with Crippen molar-refractivity contribution in [1.82, 2.24) is 14.9 Å². The second-order valence-corrected chi connectivity index (χ2v) is 6.28. The second-order valence-electron chi connectivity index (χ2n) is 4.50. The highest BCUT2D eigenvalue weighted by Crippen LogP contribution is 2.17. The Morgan fingerprint density at radius 2 is 2.18 bits per heavy atom. The molecule has 1 heterocycles. The fourth-order valence-electron chi connectivity index (χ4n) is 2.19. The third-order valence-electron chi connectivity index (χ3n) is 2.86. The van der Waals surface area contributed by atoms with Crippen LogP contribution in [0.25, 0.3) is 0 Å². The first-order valence-corrected chi connectivity index (χ1v) is 7.66. The molecule has 0 aromatic heterocycles. The van der Waals surface area contributed by atoms with Crippen LogP contribution in [0.1, 0.15) is 19.8 Å². The minimum absolute atomic E-state index is 0.145. The Hall–Kier alpha value is -0.660. The van der Waals surface area contributed by atoms with Crippen molar-refractivity contribution in [2.45, 2.75) is 31.8 Å². The largest absolute Gasteiger partial charge is 0.337 e. The SMILES string of the molecule is CNCC1CCCN1C(=O)C(C)NS(C)(=O)=O. The average molecular weight is 263 g/mol. The van der Waals surface area contributed by atoms with Crippen LogP contribution in [-0.2, 0) is 14.8 Å². The van der Waals surface area contributed by atoms with Crippen molar-refractivity contribution in [3.63, 3.8) is 0 Å². The predicted octanol–water partition coefficient (Wildman–Crippen LogP) is -0.865. The van der Waals surface area contributed by atoms with Crippen molar-refractivity contribution in [2.75, 3.05) is 26.4 Å². The first kappa shape index (κ1) is 14.4. The molecule has 7 heteroatoms. The molecule has 2 atom stereocenters. The van der Waals surface area contributed by atoms with Crippen LogP contribution in [0.2, 0.25) is 0 Å². The van der Waals surface area contributed by atoms with Gasteiger partial charge in [-0.15, -0.1) is 0 Å². The maximum atomic E-state index is 12.1. The van der Waals surface area contributed by atoms with Gasteiger partial charge in [0.05, 0.1) is 12.3 Å². The fourth-order valence-corrected chi connectivity index (χ4v) is 2.94. The van der Waals surface area contributed by atoms with Gasteiger partial charge in [0.2, 0.25) is 15.9 Å². The summed E-state index contributed by atoms with van der Waals surface area (Å²) in [6.07, 6.45) is 3.01. The lowest BCUT2D eigenvalue weighted by atomic mass is 10.2. The minimum atomic E-state index is -3.34. The molecule has 0 bridgehead atoms. The quantitative estimate of drug-likeness (QED) is 0.676. The van der Waals surface area contributed by atoms with E-state index < -0.39 is 16.1 Å². The van der Waals surface area contributed by atoms with Gasteiger partial charge in [-0.2, -0.15) is 0 Å². The Balaban J connectivity index is 2.62. The Morgan fingerprint density at radius 3 is 2.71 bits per heavy atom. The van der Waals surface area contributed by atoms with Crippen molar-refractivity contribution in [2.24, 2.45) is 0 Å². The van der Waals surface area contributed by atoms with E-state index in [9.17, 15) is 13.2 Å². The van der Waals surface area contributed by atoms with Crippen LogP contribution in [0.5, 0.6) is 0 Å². The van der Waals surface area contributed by atoms with Gasteiger partial charge in [0.15, 0.2) is 0 Å². The van der Waals surface area contributed by atoms with Gasteiger partial charge in [-0.3, -0.25) is 4.79 Å². The topological polar surface area (TPSA) is 78.5 Å². The number of amides is 1. The van der Waals surface area contributed by atoms with Crippen LogP contribution >= 0.6 is 0 Å². The number of carbonyl (C=O) groups excluding carboxylic acids is 1. The average Bonchev–Trinajstić information content (AvgIpc) is 2.62. The van der Waals surface area contributed by atoms with Crippen molar-refractivity contribution >= 4 is 15.9 Å². The van der Waals surface area contributed by atoms with Crippen LogP contribution in [0.3, 0.4) is 0 Å². The standard InChI is InChI=1S/C10H21N3O3S/c1-8(12-17(3,15)16)10(14)13-6-4-5-9(13)7-11-2/h8-9,11-12H,4-7H2,1-3H3. The van der Waals surface area contributed by atoms with Gasteiger partial charge >= 0.3 is 0 Å². The molecule has 1 fully saturated rings. The number of carbonyl (C=O) groups is 1. The van der Waals surface area contributed by atoms with Crippen LogP contribution in [0, 0.1) is 0 Å².